The van der Waals surface area contributed by atoms with E-state index in [2.05, 4.69) is 38.5 Å². The highest BCUT2D eigenvalue weighted by Crippen LogP contribution is 2.38. The molecule has 0 unspecified atom stereocenters. The number of amidine groups is 1. The summed E-state index contributed by atoms with van der Waals surface area (Å²) in [5.41, 5.74) is 3.65. The van der Waals surface area contributed by atoms with Crippen LogP contribution in [0.15, 0.2) is 65.9 Å². The van der Waals surface area contributed by atoms with Crippen LogP contribution in [0.25, 0.3) is 0 Å². The number of aliphatic imine (C=N–C) groups is 1. The van der Waals surface area contributed by atoms with Crippen LogP contribution in [0, 0.1) is 11.7 Å². The fourth-order valence-electron chi connectivity index (χ4n) is 5.33. The molecule has 1 N–H and O–H groups in total. The molecule has 2 aliphatic rings. The van der Waals surface area contributed by atoms with Crippen LogP contribution in [0.2, 0.25) is 0 Å². The Morgan fingerprint density at radius 3 is 2.54 bits per heavy atom. The molecule has 5 rings (SSSR count). The average molecular weight is 502 g/mol. The number of nitrogens with one attached hydrogen (secondary N) is 1. The number of benzene rings is 2. The Morgan fingerprint density at radius 2 is 1.86 bits per heavy atom. The first-order valence-electron chi connectivity index (χ1n) is 12.9. The van der Waals surface area contributed by atoms with Crippen LogP contribution in [0.4, 0.5) is 10.1 Å². The zero-order valence-corrected chi connectivity index (χ0v) is 21.2. The molecule has 0 radical (unpaired) electrons. The Morgan fingerprint density at radius 1 is 1.11 bits per heavy atom. The summed E-state index contributed by atoms with van der Waals surface area (Å²) < 4.78 is 15.3. The predicted octanol–water partition coefficient (Wildman–Crippen LogP) is 4.76. The van der Waals surface area contributed by atoms with Gasteiger partial charge in [0.05, 0.1) is 6.54 Å². The van der Waals surface area contributed by atoms with Gasteiger partial charge in [-0.1, -0.05) is 12.1 Å². The molecule has 0 bridgehead atoms. The molecule has 2 aromatic carbocycles. The standard InChI is InChI=1S/C29H32FN5O2/c1-19(2)32-28(36)22-8-12-25(13-9-22)35-26-16-20(18-34-15-3-14-31-34)4-5-23(26)17-27(35)33-29(37)21-6-10-24(30)11-7-21/h3-7,10-11,14-16,19,22,25H,8-9,12-13,17-18H2,1-2H3,(H,32,36). The topological polar surface area (TPSA) is 79.6 Å². The average Bonchev–Trinajstić information content (AvgIpc) is 3.51. The lowest BCUT2D eigenvalue weighted by molar-refractivity contribution is -0.126. The summed E-state index contributed by atoms with van der Waals surface area (Å²) in [6, 6.07) is 14.0. The number of anilines is 1. The highest BCUT2D eigenvalue weighted by molar-refractivity contribution is 6.12. The zero-order valence-electron chi connectivity index (χ0n) is 21.2. The summed E-state index contributed by atoms with van der Waals surface area (Å²) in [5.74, 6) is 0.0672. The van der Waals surface area contributed by atoms with E-state index in [1.54, 1.807) is 6.20 Å². The highest BCUT2D eigenvalue weighted by Gasteiger charge is 2.36. The number of aromatic nitrogens is 2. The van der Waals surface area contributed by atoms with Gasteiger partial charge in [-0.05, 0) is 87.1 Å². The van der Waals surface area contributed by atoms with Crippen LogP contribution >= 0.6 is 0 Å². The fraction of sp³-hybridized carbons (Fsp3) is 0.379. The molecule has 2 heterocycles. The van der Waals surface area contributed by atoms with Gasteiger partial charge < -0.3 is 10.2 Å². The summed E-state index contributed by atoms with van der Waals surface area (Å²) in [6.45, 7) is 4.61. The Bertz CT molecular complexity index is 1290. The second-order valence-electron chi connectivity index (χ2n) is 10.2. The maximum atomic E-state index is 13.4. The fourth-order valence-corrected chi connectivity index (χ4v) is 5.33. The van der Waals surface area contributed by atoms with Crippen molar-refractivity contribution in [2.45, 2.75) is 64.6 Å². The lowest BCUT2D eigenvalue weighted by atomic mass is 9.84. The molecule has 2 amide bonds. The Labute approximate surface area is 216 Å². The molecule has 7 nitrogen and oxygen atoms in total. The molecule has 1 aliphatic heterocycles. The minimum absolute atomic E-state index is 0.00751. The van der Waals surface area contributed by atoms with Gasteiger partial charge in [0.2, 0.25) is 5.91 Å². The van der Waals surface area contributed by atoms with Crippen molar-refractivity contribution in [3.63, 3.8) is 0 Å². The van der Waals surface area contributed by atoms with Gasteiger partial charge in [0.15, 0.2) is 0 Å². The minimum Gasteiger partial charge on any atom is -0.354 e. The molecule has 1 aromatic heterocycles. The van der Waals surface area contributed by atoms with Crippen molar-refractivity contribution >= 4 is 23.3 Å². The van der Waals surface area contributed by atoms with E-state index in [-0.39, 0.29) is 35.6 Å². The molecular weight excluding hydrogens is 469 g/mol. The molecule has 1 saturated carbocycles. The number of halogens is 1. The van der Waals surface area contributed by atoms with Crippen molar-refractivity contribution in [3.8, 4) is 0 Å². The third-order valence-corrected chi connectivity index (χ3v) is 7.13. The normalized spacial score (nSPS) is 20.3. The third kappa shape index (κ3) is 5.63. The van der Waals surface area contributed by atoms with Crippen LogP contribution in [0.1, 0.15) is 61.0 Å². The summed E-state index contributed by atoms with van der Waals surface area (Å²) in [6.07, 6.45) is 7.51. The monoisotopic (exact) mass is 501 g/mol. The van der Waals surface area contributed by atoms with Crippen molar-refractivity contribution in [3.05, 3.63) is 83.4 Å². The molecule has 3 aromatic rings. The minimum atomic E-state index is -0.387. The molecule has 1 fully saturated rings. The molecule has 0 saturated heterocycles. The van der Waals surface area contributed by atoms with Gasteiger partial charge in [-0.15, -0.1) is 0 Å². The van der Waals surface area contributed by atoms with Crippen LogP contribution in [-0.4, -0.2) is 39.5 Å². The van der Waals surface area contributed by atoms with Crippen molar-refractivity contribution in [2.75, 3.05) is 4.90 Å². The number of amides is 2. The number of rotatable bonds is 6. The predicted molar refractivity (Wildman–Crippen MR) is 141 cm³/mol. The first kappa shape index (κ1) is 24.9. The van der Waals surface area contributed by atoms with E-state index >= 15 is 0 Å². The molecule has 37 heavy (non-hydrogen) atoms. The largest absolute Gasteiger partial charge is 0.354 e. The summed E-state index contributed by atoms with van der Waals surface area (Å²) in [7, 11) is 0. The van der Waals surface area contributed by atoms with E-state index in [4.69, 9.17) is 0 Å². The van der Waals surface area contributed by atoms with Gasteiger partial charge in [0.25, 0.3) is 5.91 Å². The van der Waals surface area contributed by atoms with Gasteiger partial charge in [-0.2, -0.15) is 10.1 Å². The van der Waals surface area contributed by atoms with E-state index in [9.17, 15) is 14.0 Å². The Balaban J connectivity index is 1.42. The second-order valence-corrected chi connectivity index (χ2v) is 10.2. The number of hydrogen-bond acceptors (Lipinski definition) is 3. The summed E-state index contributed by atoms with van der Waals surface area (Å²) in [5, 5.41) is 7.37. The Hall–Kier alpha value is -3.81. The number of carbonyl (C=O) groups is 2. The van der Waals surface area contributed by atoms with E-state index < -0.39 is 0 Å². The number of carbonyl (C=O) groups excluding carboxylic acids is 2. The van der Waals surface area contributed by atoms with E-state index in [0.717, 1.165) is 42.5 Å². The lowest BCUT2D eigenvalue weighted by Crippen LogP contribution is -2.44. The van der Waals surface area contributed by atoms with Gasteiger partial charge in [0, 0.05) is 48.1 Å². The SMILES string of the molecule is CC(C)NC(=O)C1CCC(N2C(=NC(=O)c3ccc(F)cc3)Cc3ccc(Cn4cccn4)cc32)CC1. The maximum Gasteiger partial charge on any atom is 0.278 e. The summed E-state index contributed by atoms with van der Waals surface area (Å²) in [4.78, 5) is 32.3. The third-order valence-electron chi connectivity index (χ3n) is 7.13. The van der Waals surface area contributed by atoms with E-state index in [0.29, 0.717) is 24.4 Å². The number of nitrogens with zero attached hydrogens (tertiary/aromatic N) is 4. The quantitative estimate of drug-likeness (QED) is 0.528. The maximum absolute atomic E-state index is 13.4. The van der Waals surface area contributed by atoms with E-state index in [1.165, 1.54) is 24.3 Å². The van der Waals surface area contributed by atoms with Gasteiger partial charge in [-0.25, -0.2) is 4.39 Å². The number of hydrogen-bond donors (Lipinski definition) is 1. The highest BCUT2D eigenvalue weighted by atomic mass is 19.1. The van der Waals surface area contributed by atoms with E-state index in [1.807, 2.05) is 30.8 Å². The molecular formula is C29H32FN5O2. The van der Waals surface area contributed by atoms with Crippen LogP contribution in [0.5, 0.6) is 0 Å². The van der Waals surface area contributed by atoms with Crippen molar-refractivity contribution in [1.82, 2.24) is 15.1 Å². The summed E-state index contributed by atoms with van der Waals surface area (Å²) >= 11 is 0. The molecule has 1 aliphatic carbocycles. The first-order valence-corrected chi connectivity index (χ1v) is 12.9. The van der Waals surface area contributed by atoms with Crippen molar-refractivity contribution in [2.24, 2.45) is 10.9 Å². The number of fused-ring (bicyclic) bond motifs is 1. The molecule has 8 heteroatoms. The van der Waals surface area contributed by atoms with Crippen molar-refractivity contribution < 1.29 is 14.0 Å². The molecule has 0 spiro atoms. The van der Waals surface area contributed by atoms with Crippen LogP contribution < -0.4 is 10.2 Å². The Kier molecular flexibility index (Phi) is 7.17. The molecule has 0 atom stereocenters. The van der Waals surface area contributed by atoms with Crippen LogP contribution in [-0.2, 0) is 17.8 Å². The van der Waals surface area contributed by atoms with Gasteiger partial charge in [0.1, 0.15) is 11.7 Å². The van der Waals surface area contributed by atoms with Gasteiger partial charge >= 0.3 is 0 Å². The second kappa shape index (κ2) is 10.7. The van der Waals surface area contributed by atoms with Crippen LogP contribution in [0.3, 0.4) is 0 Å². The first-order chi connectivity index (χ1) is 17.9. The van der Waals surface area contributed by atoms with Gasteiger partial charge in [-0.3, -0.25) is 14.3 Å². The van der Waals surface area contributed by atoms with Crippen molar-refractivity contribution in [1.29, 1.82) is 0 Å². The smallest absolute Gasteiger partial charge is 0.278 e. The lowest BCUT2D eigenvalue weighted by Gasteiger charge is -2.36. The molecule has 192 valence electrons. The zero-order chi connectivity index (χ0) is 25.9.